The van der Waals surface area contributed by atoms with Gasteiger partial charge in [-0.25, -0.2) is 15.0 Å². The SMILES string of the molecule is CCc1nc(C2=CC3CC3C=C2)nc(-c2ccccc2)n1. The summed E-state index contributed by atoms with van der Waals surface area (Å²) in [5.74, 6) is 3.89. The molecule has 1 heterocycles. The van der Waals surface area contributed by atoms with Crippen molar-refractivity contribution in [1.29, 1.82) is 0 Å². The lowest BCUT2D eigenvalue weighted by atomic mass is 10.1. The average molecular weight is 275 g/mol. The number of aryl methyl sites for hydroxylation is 1. The van der Waals surface area contributed by atoms with E-state index in [9.17, 15) is 0 Å². The quantitative estimate of drug-likeness (QED) is 0.857. The number of rotatable bonds is 3. The Morgan fingerprint density at radius 1 is 1.00 bits per heavy atom. The van der Waals surface area contributed by atoms with E-state index in [4.69, 9.17) is 0 Å². The third-order valence-corrected chi connectivity index (χ3v) is 4.10. The number of hydrogen-bond acceptors (Lipinski definition) is 3. The van der Waals surface area contributed by atoms with Crippen molar-refractivity contribution in [3.63, 3.8) is 0 Å². The first-order chi connectivity index (χ1) is 10.3. The van der Waals surface area contributed by atoms with Gasteiger partial charge in [0.15, 0.2) is 11.6 Å². The van der Waals surface area contributed by atoms with Gasteiger partial charge in [0.2, 0.25) is 0 Å². The molecule has 2 atom stereocenters. The number of aromatic nitrogens is 3. The number of allylic oxidation sites excluding steroid dienone is 4. The average Bonchev–Trinajstić information content (AvgIpc) is 3.33. The Balaban J connectivity index is 1.79. The van der Waals surface area contributed by atoms with Crippen molar-refractivity contribution < 1.29 is 0 Å². The molecule has 2 aromatic rings. The van der Waals surface area contributed by atoms with Crippen LogP contribution in [0.4, 0.5) is 0 Å². The van der Waals surface area contributed by atoms with Crippen LogP contribution in [0.5, 0.6) is 0 Å². The minimum Gasteiger partial charge on any atom is -0.213 e. The van der Waals surface area contributed by atoms with Gasteiger partial charge >= 0.3 is 0 Å². The van der Waals surface area contributed by atoms with Crippen molar-refractivity contribution in [3.05, 3.63) is 60.2 Å². The molecule has 1 saturated carbocycles. The second-order valence-electron chi connectivity index (χ2n) is 5.66. The Morgan fingerprint density at radius 3 is 2.57 bits per heavy atom. The molecule has 0 spiro atoms. The normalized spacial score (nSPS) is 22.6. The fourth-order valence-corrected chi connectivity index (χ4v) is 2.73. The molecule has 104 valence electrons. The highest BCUT2D eigenvalue weighted by molar-refractivity contribution is 5.73. The molecule has 3 heteroatoms. The van der Waals surface area contributed by atoms with E-state index in [2.05, 4.69) is 40.1 Å². The largest absolute Gasteiger partial charge is 0.213 e. The molecule has 0 saturated heterocycles. The van der Waals surface area contributed by atoms with Gasteiger partial charge in [0.05, 0.1) is 0 Å². The molecule has 21 heavy (non-hydrogen) atoms. The third kappa shape index (κ3) is 2.40. The molecule has 3 nitrogen and oxygen atoms in total. The molecule has 1 aromatic carbocycles. The molecule has 0 amide bonds. The number of benzene rings is 1. The van der Waals surface area contributed by atoms with E-state index in [1.807, 2.05) is 30.3 Å². The molecule has 1 aromatic heterocycles. The summed E-state index contributed by atoms with van der Waals surface area (Å²) in [5, 5.41) is 0. The Morgan fingerprint density at radius 2 is 1.81 bits per heavy atom. The lowest BCUT2D eigenvalue weighted by Gasteiger charge is -2.09. The Bertz CT molecular complexity index is 731. The predicted octanol–water partition coefficient (Wildman–Crippen LogP) is 3.69. The zero-order chi connectivity index (χ0) is 14.2. The van der Waals surface area contributed by atoms with E-state index >= 15 is 0 Å². The molecule has 0 bridgehead atoms. The van der Waals surface area contributed by atoms with Crippen LogP contribution in [0.3, 0.4) is 0 Å². The second kappa shape index (κ2) is 4.92. The summed E-state index contributed by atoms with van der Waals surface area (Å²) in [5.41, 5.74) is 2.18. The van der Waals surface area contributed by atoms with E-state index in [-0.39, 0.29) is 0 Å². The van der Waals surface area contributed by atoms with Gasteiger partial charge in [0.25, 0.3) is 0 Å². The van der Waals surface area contributed by atoms with Gasteiger partial charge in [0.1, 0.15) is 5.82 Å². The molecule has 0 radical (unpaired) electrons. The summed E-state index contributed by atoms with van der Waals surface area (Å²) < 4.78 is 0. The fourth-order valence-electron chi connectivity index (χ4n) is 2.73. The minimum atomic E-state index is 0.701. The first-order valence-electron chi connectivity index (χ1n) is 7.54. The van der Waals surface area contributed by atoms with Crippen LogP contribution < -0.4 is 0 Å². The second-order valence-corrected chi connectivity index (χ2v) is 5.66. The van der Waals surface area contributed by atoms with E-state index in [0.29, 0.717) is 5.92 Å². The maximum atomic E-state index is 4.69. The fraction of sp³-hybridized carbons (Fsp3) is 0.278. The zero-order valence-corrected chi connectivity index (χ0v) is 12.0. The van der Waals surface area contributed by atoms with E-state index in [0.717, 1.165) is 40.9 Å². The monoisotopic (exact) mass is 275 g/mol. The molecule has 4 rings (SSSR count). The van der Waals surface area contributed by atoms with Crippen LogP contribution in [0.1, 0.15) is 25.0 Å². The van der Waals surface area contributed by atoms with Crippen LogP contribution in [0, 0.1) is 11.8 Å². The predicted molar refractivity (Wildman–Crippen MR) is 83.4 cm³/mol. The van der Waals surface area contributed by atoms with Crippen molar-refractivity contribution in [2.75, 3.05) is 0 Å². The molecular formula is C18H17N3. The Kier molecular flexibility index (Phi) is 2.92. The highest BCUT2D eigenvalue weighted by Crippen LogP contribution is 2.45. The maximum Gasteiger partial charge on any atom is 0.163 e. The molecule has 1 fully saturated rings. The summed E-state index contributed by atoms with van der Waals surface area (Å²) >= 11 is 0. The first kappa shape index (κ1) is 12.5. The van der Waals surface area contributed by atoms with Crippen LogP contribution in [0.2, 0.25) is 0 Å². The van der Waals surface area contributed by atoms with Crippen molar-refractivity contribution in [2.24, 2.45) is 11.8 Å². The Labute approximate surface area is 124 Å². The van der Waals surface area contributed by atoms with Crippen molar-refractivity contribution in [3.8, 4) is 11.4 Å². The third-order valence-electron chi connectivity index (χ3n) is 4.10. The van der Waals surface area contributed by atoms with E-state index in [1.165, 1.54) is 6.42 Å². The standard InChI is InChI=1S/C18H17N3/c1-2-16-19-17(12-6-4-3-5-7-12)21-18(20-16)14-9-8-13-10-15(13)11-14/h3-9,11,13,15H,2,10H2,1H3. The summed E-state index contributed by atoms with van der Waals surface area (Å²) in [4.78, 5) is 13.9. The van der Waals surface area contributed by atoms with Crippen molar-refractivity contribution in [2.45, 2.75) is 19.8 Å². The highest BCUT2D eigenvalue weighted by atomic mass is 15.0. The summed E-state index contributed by atoms with van der Waals surface area (Å²) in [6, 6.07) is 10.1. The van der Waals surface area contributed by atoms with E-state index < -0.39 is 0 Å². The maximum absolute atomic E-state index is 4.69. The van der Waals surface area contributed by atoms with Gasteiger partial charge in [-0.1, -0.05) is 55.5 Å². The molecule has 0 aliphatic heterocycles. The van der Waals surface area contributed by atoms with E-state index in [1.54, 1.807) is 0 Å². The van der Waals surface area contributed by atoms with Gasteiger partial charge in [-0.2, -0.15) is 0 Å². The molecule has 2 aliphatic rings. The minimum absolute atomic E-state index is 0.701. The summed E-state index contributed by atoms with van der Waals surface area (Å²) in [7, 11) is 0. The summed E-state index contributed by atoms with van der Waals surface area (Å²) in [6.45, 7) is 2.08. The van der Waals surface area contributed by atoms with Gasteiger partial charge in [-0.05, 0) is 18.3 Å². The summed E-state index contributed by atoms with van der Waals surface area (Å²) in [6.07, 6.45) is 8.86. The van der Waals surface area contributed by atoms with Gasteiger partial charge in [-0.15, -0.1) is 0 Å². The van der Waals surface area contributed by atoms with Gasteiger partial charge < -0.3 is 0 Å². The van der Waals surface area contributed by atoms with Crippen LogP contribution in [0.25, 0.3) is 17.0 Å². The van der Waals surface area contributed by atoms with Crippen LogP contribution in [-0.2, 0) is 6.42 Å². The van der Waals surface area contributed by atoms with Gasteiger partial charge in [0, 0.05) is 17.6 Å². The molecule has 2 unspecified atom stereocenters. The first-order valence-corrected chi connectivity index (χ1v) is 7.54. The smallest absolute Gasteiger partial charge is 0.163 e. The van der Waals surface area contributed by atoms with Crippen LogP contribution in [-0.4, -0.2) is 15.0 Å². The molecular weight excluding hydrogens is 258 g/mol. The van der Waals surface area contributed by atoms with Gasteiger partial charge in [-0.3, -0.25) is 0 Å². The lowest BCUT2D eigenvalue weighted by Crippen LogP contribution is -2.05. The number of hydrogen-bond donors (Lipinski definition) is 0. The van der Waals surface area contributed by atoms with Crippen LogP contribution in [0.15, 0.2) is 48.6 Å². The zero-order valence-electron chi connectivity index (χ0n) is 12.0. The molecule has 2 aliphatic carbocycles. The number of nitrogens with zero attached hydrogens (tertiary/aromatic N) is 3. The Hall–Kier alpha value is -2.29. The number of fused-ring (bicyclic) bond motifs is 1. The van der Waals surface area contributed by atoms with Crippen molar-refractivity contribution in [1.82, 2.24) is 15.0 Å². The van der Waals surface area contributed by atoms with Crippen molar-refractivity contribution >= 4 is 5.57 Å². The topological polar surface area (TPSA) is 38.7 Å². The van der Waals surface area contributed by atoms with Crippen LogP contribution >= 0.6 is 0 Å². The lowest BCUT2D eigenvalue weighted by molar-refractivity contribution is 0.886. The highest BCUT2D eigenvalue weighted by Gasteiger charge is 2.35. The molecule has 0 N–H and O–H groups in total.